The highest BCUT2D eigenvalue weighted by Crippen LogP contribution is 2.63. The summed E-state index contributed by atoms with van der Waals surface area (Å²) < 4.78 is 29.3. The molecule has 0 radical (unpaired) electrons. The number of fused-ring (bicyclic) bond motifs is 1. The maximum Gasteiger partial charge on any atom is 0.270 e. The third kappa shape index (κ3) is 3.94. The molecule has 6 nitrogen and oxygen atoms in total. The van der Waals surface area contributed by atoms with Gasteiger partial charge >= 0.3 is 0 Å². The second kappa shape index (κ2) is 8.59. The zero-order valence-corrected chi connectivity index (χ0v) is 21.4. The van der Waals surface area contributed by atoms with Crippen LogP contribution in [-0.2, 0) is 18.4 Å². The van der Waals surface area contributed by atoms with E-state index in [1.807, 2.05) is 37.5 Å². The molecule has 0 N–H and O–H groups in total. The molecule has 34 heavy (non-hydrogen) atoms. The van der Waals surface area contributed by atoms with Crippen LogP contribution in [0.5, 0.6) is 0 Å². The van der Waals surface area contributed by atoms with Gasteiger partial charge in [-0.1, -0.05) is 43.0 Å². The van der Waals surface area contributed by atoms with Gasteiger partial charge in [-0.05, 0) is 37.3 Å². The quantitative estimate of drug-likeness (QED) is 0.409. The van der Waals surface area contributed by atoms with Gasteiger partial charge in [-0.2, -0.15) is 5.10 Å². The molecule has 1 saturated carbocycles. The number of thioether (sulfide) groups is 1. The molecule has 1 saturated heterocycles. The van der Waals surface area contributed by atoms with E-state index in [2.05, 4.69) is 38.6 Å². The maximum absolute atomic E-state index is 13.6. The van der Waals surface area contributed by atoms with Crippen molar-refractivity contribution in [2.75, 3.05) is 32.4 Å². The summed E-state index contributed by atoms with van der Waals surface area (Å²) in [5.74, 6) is 0.581. The fraction of sp³-hybridized carbons (Fsp3) is 0.640. The average Bonchev–Trinajstić information content (AvgIpc) is 3.19. The number of hydrogen-bond acceptors (Lipinski definition) is 6. The molecule has 2 aromatic rings. The second-order valence-corrected chi connectivity index (χ2v) is 11.4. The van der Waals surface area contributed by atoms with Crippen LogP contribution < -0.4 is 0 Å². The Labute approximate surface area is 204 Å². The fourth-order valence-corrected chi connectivity index (χ4v) is 6.79. The topological polar surface area (TPSA) is 49.6 Å². The van der Waals surface area contributed by atoms with Gasteiger partial charge in [0.05, 0.1) is 12.0 Å². The normalized spacial score (nSPS) is 30.9. The molecule has 1 aromatic heterocycles. The average molecular weight is 489 g/mol. The molecule has 1 aromatic carbocycles. The number of benzene rings is 1. The summed E-state index contributed by atoms with van der Waals surface area (Å²) in [4.78, 5) is 2.54. The molecule has 184 valence electrons. The lowest BCUT2D eigenvalue weighted by Crippen LogP contribution is -2.30. The molecule has 5 atom stereocenters. The van der Waals surface area contributed by atoms with Crippen molar-refractivity contribution in [2.45, 2.75) is 55.6 Å². The standard InChI is InChI=1S/C25H34F2N6S/c1-16-21-14-33(15-25(16,21)19-9-7-18(8-10-19)24(3,26)27)11-6-12-34-23-30-29-22(31(23)4)20-13-28-32(5)17(20)2/h7-10,13,16-17,20-21H,6,11-12,14-15H2,1-5H3/t16?,17?,20?,21?,25-/m0/s1. The predicted octanol–water partition coefficient (Wildman–Crippen LogP) is 4.33. The van der Waals surface area contributed by atoms with Gasteiger partial charge in [0.15, 0.2) is 5.16 Å². The number of nitrogens with zero attached hydrogens (tertiary/aromatic N) is 6. The molecule has 3 heterocycles. The van der Waals surface area contributed by atoms with Crippen LogP contribution >= 0.6 is 11.8 Å². The number of halogens is 2. The number of alkyl halides is 2. The van der Waals surface area contributed by atoms with E-state index in [-0.39, 0.29) is 22.9 Å². The number of hydrogen-bond donors (Lipinski definition) is 0. The van der Waals surface area contributed by atoms with Gasteiger partial charge in [0.25, 0.3) is 5.92 Å². The summed E-state index contributed by atoms with van der Waals surface area (Å²) in [6.07, 6.45) is 3.04. The molecule has 4 unspecified atom stereocenters. The summed E-state index contributed by atoms with van der Waals surface area (Å²) in [5, 5.41) is 16.2. The van der Waals surface area contributed by atoms with E-state index in [1.54, 1.807) is 23.9 Å². The number of piperidine rings is 1. The third-order valence-corrected chi connectivity index (χ3v) is 9.48. The second-order valence-electron chi connectivity index (χ2n) is 10.3. The number of likely N-dealkylation sites (tertiary alicyclic amines) is 1. The van der Waals surface area contributed by atoms with Crippen LogP contribution in [0.15, 0.2) is 34.5 Å². The summed E-state index contributed by atoms with van der Waals surface area (Å²) >= 11 is 1.76. The Kier molecular flexibility index (Phi) is 5.99. The molecule has 0 bridgehead atoms. The largest absolute Gasteiger partial charge is 0.309 e. The molecule has 2 aliphatic heterocycles. The summed E-state index contributed by atoms with van der Waals surface area (Å²) in [5.41, 5.74) is 1.45. The Morgan fingerprint density at radius 2 is 1.88 bits per heavy atom. The van der Waals surface area contributed by atoms with E-state index in [1.165, 1.54) is 5.56 Å². The summed E-state index contributed by atoms with van der Waals surface area (Å²) in [7, 11) is 4.02. The Hall–Kier alpha value is -2.00. The van der Waals surface area contributed by atoms with Gasteiger partial charge in [-0.15, -0.1) is 10.2 Å². The molecule has 2 fully saturated rings. The number of hydrazone groups is 1. The van der Waals surface area contributed by atoms with Crippen LogP contribution in [0.3, 0.4) is 0 Å². The van der Waals surface area contributed by atoms with Gasteiger partial charge in [0.2, 0.25) is 0 Å². The first-order chi connectivity index (χ1) is 16.1. The molecular formula is C25H34F2N6S. The van der Waals surface area contributed by atoms with Crippen LogP contribution in [0.1, 0.15) is 50.1 Å². The molecule has 9 heteroatoms. The van der Waals surface area contributed by atoms with Crippen molar-refractivity contribution in [3.05, 3.63) is 41.2 Å². The van der Waals surface area contributed by atoms with Crippen LogP contribution in [0.25, 0.3) is 0 Å². The molecular weight excluding hydrogens is 454 g/mol. The van der Waals surface area contributed by atoms with Gasteiger partial charge in [0, 0.05) is 57.1 Å². The smallest absolute Gasteiger partial charge is 0.270 e. The van der Waals surface area contributed by atoms with E-state index in [9.17, 15) is 8.78 Å². The van der Waals surface area contributed by atoms with Crippen molar-refractivity contribution in [1.29, 1.82) is 0 Å². The highest BCUT2D eigenvalue weighted by Gasteiger charge is 2.66. The van der Waals surface area contributed by atoms with Crippen LogP contribution in [-0.4, -0.2) is 69.4 Å². The Morgan fingerprint density at radius 1 is 1.15 bits per heavy atom. The maximum atomic E-state index is 13.6. The van der Waals surface area contributed by atoms with Crippen molar-refractivity contribution in [3.63, 3.8) is 0 Å². The molecule has 3 aliphatic rings. The Balaban J connectivity index is 1.13. The molecule has 5 rings (SSSR count). The van der Waals surface area contributed by atoms with E-state index < -0.39 is 5.92 Å². The minimum absolute atomic E-state index is 0.0954. The number of likely N-dealkylation sites (N-methyl/N-ethyl adjacent to an activating group) is 1. The lowest BCUT2D eigenvalue weighted by atomic mass is 9.91. The molecule has 0 spiro atoms. The minimum Gasteiger partial charge on any atom is -0.309 e. The van der Waals surface area contributed by atoms with Gasteiger partial charge in [-0.3, -0.25) is 5.01 Å². The first-order valence-electron chi connectivity index (χ1n) is 12.1. The highest BCUT2D eigenvalue weighted by molar-refractivity contribution is 7.99. The van der Waals surface area contributed by atoms with E-state index in [0.717, 1.165) is 49.7 Å². The predicted molar refractivity (Wildman–Crippen MR) is 132 cm³/mol. The molecule has 1 aliphatic carbocycles. The zero-order chi connectivity index (χ0) is 24.3. The van der Waals surface area contributed by atoms with Crippen LogP contribution in [0.4, 0.5) is 8.78 Å². The van der Waals surface area contributed by atoms with Crippen molar-refractivity contribution < 1.29 is 8.78 Å². The Morgan fingerprint density at radius 3 is 2.53 bits per heavy atom. The van der Waals surface area contributed by atoms with E-state index >= 15 is 0 Å². The van der Waals surface area contributed by atoms with Gasteiger partial charge in [0.1, 0.15) is 5.82 Å². The van der Waals surface area contributed by atoms with Crippen LogP contribution in [0, 0.1) is 11.8 Å². The van der Waals surface area contributed by atoms with E-state index in [0.29, 0.717) is 11.8 Å². The van der Waals surface area contributed by atoms with E-state index in [4.69, 9.17) is 0 Å². The lowest BCUT2D eigenvalue weighted by molar-refractivity contribution is 0.0174. The minimum atomic E-state index is -2.78. The lowest BCUT2D eigenvalue weighted by Gasteiger charge is -2.23. The number of aromatic nitrogens is 3. The SMILES string of the molecule is CC1C(c2nnc(SCCCN3CC4C(C)[C@]4(c4ccc(C(C)(F)F)cc4)C3)n2C)C=NN1C. The van der Waals surface area contributed by atoms with Crippen molar-refractivity contribution in [1.82, 2.24) is 24.7 Å². The van der Waals surface area contributed by atoms with Crippen molar-refractivity contribution >= 4 is 18.0 Å². The monoisotopic (exact) mass is 488 g/mol. The van der Waals surface area contributed by atoms with Gasteiger partial charge in [-0.25, -0.2) is 8.78 Å². The summed E-state index contributed by atoms with van der Waals surface area (Å²) in [6, 6.07) is 7.36. The highest BCUT2D eigenvalue weighted by atomic mass is 32.2. The summed E-state index contributed by atoms with van der Waals surface area (Å²) in [6.45, 7) is 8.58. The third-order valence-electron chi connectivity index (χ3n) is 8.37. The zero-order valence-electron chi connectivity index (χ0n) is 20.6. The first-order valence-corrected chi connectivity index (χ1v) is 13.1. The fourth-order valence-electron chi connectivity index (χ4n) is 5.95. The first kappa shape index (κ1) is 23.7. The Bertz CT molecular complexity index is 1060. The van der Waals surface area contributed by atoms with Crippen molar-refractivity contribution in [3.8, 4) is 0 Å². The molecule has 0 amide bonds. The van der Waals surface area contributed by atoms with Crippen molar-refractivity contribution in [2.24, 2.45) is 24.0 Å². The number of rotatable bonds is 8. The van der Waals surface area contributed by atoms with Gasteiger partial charge < -0.3 is 9.47 Å². The van der Waals surface area contributed by atoms with Crippen LogP contribution in [0.2, 0.25) is 0 Å².